The summed E-state index contributed by atoms with van der Waals surface area (Å²) in [4.78, 5) is 73.7. The number of piperazine rings is 1. The summed E-state index contributed by atoms with van der Waals surface area (Å²) in [5.41, 5.74) is 6.08. The second-order valence-electron chi connectivity index (χ2n) is 15.8. The molecule has 14 heteroatoms. The van der Waals surface area contributed by atoms with Crippen LogP contribution in [0.2, 0.25) is 0 Å². The van der Waals surface area contributed by atoms with E-state index >= 15 is 0 Å². The lowest BCUT2D eigenvalue weighted by molar-refractivity contribution is -0.147. The number of amides is 5. The Hall–Kier alpha value is -2.81. The van der Waals surface area contributed by atoms with Gasteiger partial charge in [-0.15, -0.1) is 0 Å². The minimum atomic E-state index is -1.12. The number of carbonyl (C=O) groups is 5. The molecule has 3 aliphatic rings. The fourth-order valence-corrected chi connectivity index (χ4v) is 7.65. The van der Waals surface area contributed by atoms with E-state index in [9.17, 15) is 24.0 Å². The highest BCUT2D eigenvalue weighted by Gasteiger charge is 2.39. The van der Waals surface area contributed by atoms with Crippen molar-refractivity contribution in [3.63, 3.8) is 0 Å². The third-order valence-corrected chi connectivity index (χ3v) is 10.9. The van der Waals surface area contributed by atoms with Crippen LogP contribution in [0.15, 0.2) is 0 Å². The number of nitrogens with two attached hydrogens (primary N) is 1. The molecule has 0 spiro atoms. The minimum Gasteiger partial charge on any atom is -0.375 e. The smallest absolute Gasteiger partial charge is 0.244 e. The number of nitrogens with zero attached hydrogens (tertiary/aromatic N) is 2. The van der Waals surface area contributed by atoms with Gasteiger partial charge in [0.05, 0.1) is 18.6 Å². The summed E-state index contributed by atoms with van der Waals surface area (Å²) >= 11 is 0. The Balaban J connectivity index is 2.00. The molecule has 0 aromatic heterocycles. The first-order valence-corrected chi connectivity index (χ1v) is 20.1. The highest BCUT2D eigenvalue weighted by Crippen LogP contribution is 2.28. The van der Waals surface area contributed by atoms with Gasteiger partial charge in [0.25, 0.3) is 0 Å². The van der Waals surface area contributed by atoms with Crippen molar-refractivity contribution in [3.8, 4) is 0 Å². The van der Waals surface area contributed by atoms with Crippen LogP contribution in [-0.2, 0) is 28.7 Å². The number of nitrogens with one attached hydrogen (secondary N) is 5. The molecule has 0 aromatic carbocycles. The monoisotopic (exact) mass is 735 g/mol. The van der Waals surface area contributed by atoms with Gasteiger partial charge in [0.1, 0.15) is 24.2 Å². The van der Waals surface area contributed by atoms with Crippen LogP contribution in [0.4, 0.5) is 0 Å². The molecule has 5 amide bonds. The quantitative estimate of drug-likeness (QED) is 0.170. The SMILES string of the molecule is CCCCCC[C@H]1OC[C@@H](C)NC(=O)C(CN2CCNCC2)NC(=O)[C@H](CN)NC(=O)C(C2CCCCC2)NC(=O)[C@H](CC(C)C)N(C)C(=O)[C@@H]1C. The molecule has 3 fully saturated rings. The normalized spacial score (nSPS) is 30.5. The number of rotatable bonds is 11. The summed E-state index contributed by atoms with van der Waals surface area (Å²) < 4.78 is 6.43. The first-order valence-electron chi connectivity index (χ1n) is 20.1. The second kappa shape index (κ2) is 22.4. The Morgan fingerprint density at radius 2 is 1.48 bits per heavy atom. The molecule has 2 aliphatic heterocycles. The molecule has 52 heavy (non-hydrogen) atoms. The molecule has 7 atom stereocenters. The van der Waals surface area contributed by atoms with Crippen molar-refractivity contribution in [2.75, 3.05) is 52.9 Å². The minimum absolute atomic E-state index is 0.0925. The van der Waals surface area contributed by atoms with Gasteiger partial charge in [0, 0.05) is 52.4 Å². The molecular formula is C38H70N8O6. The molecule has 0 radical (unpaired) electrons. The Morgan fingerprint density at radius 3 is 2.12 bits per heavy atom. The molecule has 2 saturated heterocycles. The zero-order valence-electron chi connectivity index (χ0n) is 32.8. The molecule has 2 unspecified atom stereocenters. The highest BCUT2D eigenvalue weighted by atomic mass is 16.5. The lowest BCUT2D eigenvalue weighted by Crippen LogP contribution is -2.63. The molecule has 7 N–H and O–H groups in total. The van der Waals surface area contributed by atoms with Crippen LogP contribution < -0.4 is 32.3 Å². The van der Waals surface area contributed by atoms with Crippen LogP contribution in [0.5, 0.6) is 0 Å². The number of hydrogen-bond donors (Lipinski definition) is 6. The molecular weight excluding hydrogens is 664 g/mol. The van der Waals surface area contributed by atoms with Gasteiger partial charge in [0.15, 0.2) is 0 Å². The van der Waals surface area contributed by atoms with Gasteiger partial charge in [-0.3, -0.25) is 28.9 Å². The summed E-state index contributed by atoms with van der Waals surface area (Å²) in [5.74, 6) is -2.62. The molecule has 2 heterocycles. The summed E-state index contributed by atoms with van der Waals surface area (Å²) in [6.45, 7) is 13.1. The standard InChI is InChI=1S/C38H70N8O6/c1-7-8-9-13-16-32-27(5)38(51)45(6)31(21-25(2)3)36(49)44-33(28-14-11-10-12-15-28)37(50)42-29(22-39)34(47)43-30(23-46-19-17-40-18-20-46)35(48)41-26(4)24-52-32/h25-33,40H,7-24,39H2,1-6H3,(H,41,48)(H,42,50)(H,43,47)(H,44,49)/t26-,27-,29+,30?,31+,32-,33?/m1/s1. The maximum Gasteiger partial charge on any atom is 0.244 e. The molecule has 0 aromatic rings. The highest BCUT2D eigenvalue weighted by molar-refractivity contribution is 5.96. The maximum absolute atomic E-state index is 14.2. The largest absolute Gasteiger partial charge is 0.375 e. The predicted molar refractivity (Wildman–Crippen MR) is 202 cm³/mol. The average molecular weight is 735 g/mol. The number of unbranched alkanes of at least 4 members (excludes halogenated alkanes) is 3. The van der Waals surface area contributed by atoms with Crippen molar-refractivity contribution in [1.82, 2.24) is 36.4 Å². The number of ether oxygens (including phenoxy) is 1. The lowest BCUT2D eigenvalue weighted by atomic mass is 9.83. The van der Waals surface area contributed by atoms with Crippen molar-refractivity contribution in [2.24, 2.45) is 23.5 Å². The predicted octanol–water partition coefficient (Wildman–Crippen LogP) is 1.27. The van der Waals surface area contributed by atoms with Crippen LogP contribution in [0.3, 0.4) is 0 Å². The molecule has 3 rings (SSSR count). The van der Waals surface area contributed by atoms with Gasteiger partial charge in [-0.2, -0.15) is 0 Å². The van der Waals surface area contributed by atoms with E-state index in [-0.39, 0.29) is 43.3 Å². The maximum atomic E-state index is 14.2. The van der Waals surface area contributed by atoms with Gasteiger partial charge in [0.2, 0.25) is 29.5 Å². The van der Waals surface area contributed by atoms with E-state index < -0.39 is 60.0 Å². The molecule has 14 nitrogen and oxygen atoms in total. The van der Waals surface area contributed by atoms with Crippen molar-refractivity contribution in [1.29, 1.82) is 0 Å². The van der Waals surface area contributed by atoms with Gasteiger partial charge in [-0.05, 0) is 44.4 Å². The van der Waals surface area contributed by atoms with E-state index in [1.807, 2.05) is 27.7 Å². The fourth-order valence-electron chi connectivity index (χ4n) is 7.65. The molecule has 0 bridgehead atoms. The van der Waals surface area contributed by atoms with Gasteiger partial charge in [-0.25, -0.2) is 0 Å². The van der Waals surface area contributed by atoms with E-state index in [2.05, 4.69) is 38.4 Å². The Bertz CT molecular complexity index is 1140. The van der Waals surface area contributed by atoms with E-state index in [1.165, 1.54) is 4.90 Å². The third-order valence-electron chi connectivity index (χ3n) is 10.9. The summed E-state index contributed by atoms with van der Waals surface area (Å²) in [6, 6.07) is -4.18. The van der Waals surface area contributed by atoms with Gasteiger partial charge >= 0.3 is 0 Å². The van der Waals surface area contributed by atoms with Crippen molar-refractivity contribution < 1.29 is 28.7 Å². The van der Waals surface area contributed by atoms with Crippen LogP contribution >= 0.6 is 0 Å². The van der Waals surface area contributed by atoms with E-state index in [4.69, 9.17) is 10.5 Å². The summed E-state index contributed by atoms with van der Waals surface area (Å²) in [6.07, 6.45) is 9.11. The van der Waals surface area contributed by atoms with Crippen molar-refractivity contribution >= 4 is 29.5 Å². The van der Waals surface area contributed by atoms with Gasteiger partial charge < -0.3 is 42.0 Å². The molecule has 298 valence electrons. The topological polar surface area (TPSA) is 187 Å². The molecule has 1 aliphatic carbocycles. The van der Waals surface area contributed by atoms with Crippen LogP contribution in [-0.4, -0.2) is 129 Å². The first-order chi connectivity index (χ1) is 24.9. The van der Waals surface area contributed by atoms with E-state index in [0.717, 1.165) is 84.0 Å². The average Bonchev–Trinajstić information content (AvgIpc) is 3.13. The third kappa shape index (κ3) is 13.6. The summed E-state index contributed by atoms with van der Waals surface area (Å²) in [7, 11) is 1.66. The number of likely N-dealkylation sites (N-methyl/N-ethyl adjacent to an activating group) is 1. The number of hydrogen-bond acceptors (Lipinski definition) is 9. The Kier molecular flexibility index (Phi) is 18.8. The van der Waals surface area contributed by atoms with Crippen molar-refractivity contribution in [3.05, 3.63) is 0 Å². The first kappa shape index (κ1) is 43.6. The van der Waals surface area contributed by atoms with Crippen LogP contribution in [0.1, 0.15) is 105 Å². The number of carbonyl (C=O) groups excluding carboxylic acids is 5. The van der Waals surface area contributed by atoms with Crippen LogP contribution in [0, 0.1) is 17.8 Å². The van der Waals surface area contributed by atoms with E-state index in [0.29, 0.717) is 12.8 Å². The Labute approximate surface area is 312 Å². The fraction of sp³-hybridized carbons (Fsp3) is 0.868. The van der Waals surface area contributed by atoms with Crippen molar-refractivity contribution in [2.45, 2.75) is 142 Å². The van der Waals surface area contributed by atoms with Gasteiger partial charge in [-0.1, -0.05) is 72.6 Å². The molecule has 1 saturated carbocycles. The second-order valence-corrected chi connectivity index (χ2v) is 15.8. The zero-order valence-corrected chi connectivity index (χ0v) is 32.8. The van der Waals surface area contributed by atoms with E-state index in [1.54, 1.807) is 7.05 Å². The van der Waals surface area contributed by atoms with Crippen LogP contribution in [0.25, 0.3) is 0 Å². The summed E-state index contributed by atoms with van der Waals surface area (Å²) in [5, 5.41) is 15.1. The lowest BCUT2D eigenvalue weighted by Gasteiger charge is -2.36. The Morgan fingerprint density at radius 1 is 0.827 bits per heavy atom. The zero-order chi connectivity index (χ0) is 38.2.